The molecule has 41 heavy (non-hydrogen) atoms. The van der Waals surface area contributed by atoms with Crippen molar-refractivity contribution in [2.24, 2.45) is 11.8 Å². The van der Waals surface area contributed by atoms with Crippen LogP contribution in [0.2, 0.25) is 0 Å². The molecule has 234 valence electrons. The molecular weight excluding hydrogens is 530 g/mol. The second kappa shape index (κ2) is 14.7. The van der Waals surface area contributed by atoms with Gasteiger partial charge in [0.25, 0.3) is 0 Å². The number of hydrogen-bond acceptors (Lipinski definition) is 12. The lowest BCUT2D eigenvalue weighted by Gasteiger charge is -2.45. The summed E-state index contributed by atoms with van der Waals surface area (Å²) < 4.78 is 22.7. The van der Waals surface area contributed by atoms with Crippen LogP contribution in [-0.2, 0) is 23.7 Å². The minimum atomic E-state index is -0.590. The normalized spacial score (nSPS) is 38.2. The van der Waals surface area contributed by atoms with Crippen LogP contribution in [0.4, 0.5) is 0 Å². The highest BCUT2D eigenvalue weighted by molar-refractivity contribution is 5.82. The Morgan fingerprint density at radius 3 is 2.71 bits per heavy atom. The molecule has 1 saturated carbocycles. The molecule has 5 aliphatic heterocycles. The van der Waals surface area contributed by atoms with E-state index in [-0.39, 0.29) is 37.1 Å². The average molecular weight is 582 g/mol. The molecule has 0 aromatic rings. The van der Waals surface area contributed by atoms with Crippen LogP contribution in [0.15, 0.2) is 0 Å². The van der Waals surface area contributed by atoms with Gasteiger partial charge in [-0.25, -0.2) is 0 Å². The van der Waals surface area contributed by atoms with Crippen LogP contribution in [0.5, 0.6) is 0 Å². The molecule has 0 aromatic carbocycles. The zero-order valence-electron chi connectivity index (χ0n) is 24.3. The van der Waals surface area contributed by atoms with Crippen LogP contribution in [0.3, 0.4) is 0 Å². The highest BCUT2D eigenvalue weighted by Crippen LogP contribution is 2.37. The van der Waals surface area contributed by atoms with Crippen molar-refractivity contribution in [3.63, 3.8) is 0 Å². The van der Waals surface area contributed by atoms with Gasteiger partial charge in [-0.2, -0.15) is 0 Å². The van der Waals surface area contributed by atoms with Crippen molar-refractivity contribution >= 4 is 5.91 Å². The number of nitrogens with one attached hydrogen (secondary N) is 5. The number of aliphatic hydroxyl groups is 1. The van der Waals surface area contributed by atoms with Gasteiger partial charge < -0.3 is 34.3 Å². The van der Waals surface area contributed by atoms with E-state index in [1.54, 1.807) is 0 Å². The smallest absolute Gasteiger partial charge is 0.237 e. The molecule has 1 amide bonds. The lowest BCUT2D eigenvalue weighted by Crippen LogP contribution is -2.72. The van der Waals surface area contributed by atoms with Crippen LogP contribution in [-0.4, -0.2) is 149 Å². The standard InChI is InChI=1S/C28H51N7O6/c36-22(14-34-4-3-19-9-23(2-1-20(19)13-34)40-17-24-12-29-18-41-24)11-30-27(37)25-10-26(31-21-15-39-16-21)33-28(32-25)35-5-7-38-8-6-35/h19-26,28-29,31-33,36H,1-18H2,(H,30,37)/t19?,20?,22-,23?,24?,25?,26?,28?/m0/s1. The van der Waals surface area contributed by atoms with E-state index in [0.29, 0.717) is 76.7 Å². The predicted molar refractivity (Wildman–Crippen MR) is 151 cm³/mol. The molecule has 0 spiro atoms. The fourth-order valence-electron chi connectivity index (χ4n) is 7.24. The summed E-state index contributed by atoms with van der Waals surface area (Å²) in [5.41, 5.74) is 0. The van der Waals surface area contributed by atoms with E-state index in [2.05, 4.69) is 36.4 Å². The van der Waals surface area contributed by atoms with Gasteiger partial charge in [0.05, 0.1) is 76.3 Å². The molecule has 13 heteroatoms. The van der Waals surface area contributed by atoms with E-state index in [0.717, 1.165) is 52.0 Å². The summed E-state index contributed by atoms with van der Waals surface area (Å²) in [6.45, 7) is 9.50. The van der Waals surface area contributed by atoms with E-state index in [1.165, 1.54) is 6.42 Å². The molecule has 5 saturated heterocycles. The van der Waals surface area contributed by atoms with E-state index in [4.69, 9.17) is 18.9 Å². The van der Waals surface area contributed by atoms with Gasteiger partial charge in [0.15, 0.2) is 0 Å². The zero-order chi connectivity index (χ0) is 28.0. The fraction of sp³-hybridized carbons (Fsp3) is 0.964. The molecule has 6 fully saturated rings. The quantitative estimate of drug-likeness (QED) is 0.158. The third-order valence-electron chi connectivity index (χ3n) is 9.68. The number of carbonyl (C=O) groups is 1. The SMILES string of the molecule is O=C(NC[C@H](O)CN1CCC2CC(OCC3CNCO3)CCC2C1)C1CC(NC2COC2)NC(N2CCOCC2)N1. The number of carbonyl (C=O) groups excluding carboxylic acids is 1. The van der Waals surface area contributed by atoms with Crippen molar-refractivity contribution in [3.05, 3.63) is 0 Å². The van der Waals surface area contributed by atoms with Crippen LogP contribution in [0.25, 0.3) is 0 Å². The summed E-state index contributed by atoms with van der Waals surface area (Å²) in [5.74, 6) is 1.30. The number of nitrogens with zero attached hydrogens (tertiary/aromatic N) is 2. The Kier molecular flexibility index (Phi) is 10.8. The lowest BCUT2D eigenvalue weighted by atomic mass is 9.74. The Balaban J connectivity index is 0.917. The molecule has 5 heterocycles. The molecule has 7 unspecified atom stereocenters. The number of β-amino-alcohol motifs (C(OH)–C–C–N with tert-alkyl or cyclic N) is 1. The molecule has 0 radical (unpaired) electrons. The number of likely N-dealkylation sites (tertiary alicyclic amines) is 1. The average Bonchev–Trinajstić information content (AvgIpc) is 3.51. The van der Waals surface area contributed by atoms with Crippen molar-refractivity contribution in [2.45, 2.75) is 75.0 Å². The van der Waals surface area contributed by atoms with Crippen LogP contribution in [0.1, 0.15) is 32.1 Å². The van der Waals surface area contributed by atoms with Crippen molar-refractivity contribution in [1.29, 1.82) is 0 Å². The molecule has 1 aliphatic carbocycles. The zero-order valence-corrected chi connectivity index (χ0v) is 24.3. The highest BCUT2D eigenvalue weighted by Gasteiger charge is 2.38. The number of piperidine rings is 1. The second-order valence-corrected chi connectivity index (χ2v) is 12.7. The molecule has 0 aromatic heterocycles. The molecule has 13 nitrogen and oxygen atoms in total. The minimum Gasteiger partial charge on any atom is -0.390 e. The van der Waals surface area contributed by atoms with Crippen molar-refractivity contribution < 1.29 is 28.8 Å². The van der Waals surface area contributed by atoms with Gasteiger partial charge in [0, 0.05) is 45.7 Å². The van der Waals surface area contributed by atoms with Gasteiger partial charge in [-0.15, -0.1) is 0 Å². The summed E-state index contributed by atoms with van der Waals surface area (Å²) in [4.78, 5) is 17.9. The Morgan fingerprint density at radius 2 is 1.93 bits per heavy atom. The maximum atomic E-state index is 13.2. The molecule has 6 aliphatic rings. The Labute approximate surface area is 243 Å². The van der Waals surface area contributed by atoms with Gasteiger partial charge in [-0.1, -0.05) is 0 Å². The lowest BCUT2D eigenvalue weighted by molar-refractivity contribution is -0.126. The van der Waals surface area contributed by atoms with Gasteiger partial charge in [0.1, 0.15) is 6.29 Å². The van der Waals surface area contributed by atoms with Crippen molar-refractivity contribution in [2.75, 3.05) is 85.6 Å². The third-order valence-corrected chi connectivity index (χ3v) is 9.68. The number of amides is 1. The summed E-state index contributed by atoms with van der Waals surface area (Å²) in [6, 6.07) is -0.0308. The van der Waals surface area contributed by atoms with Crippen LogP contribution >= 0.6 is 0 Å². The van der Waals surface area contributed by atoms with Gasteiger partial charge in [-0.05, 0) is 44.1 Å². The van der Waals surface area contributed by atoms with E-state index >= 15 is 0 Å². The number of ether oxygens (including phenoxy) is 4. The van der Waals surface area contributed by atoms with Crippen molar-refractivity contribution in [3.8, 4) is 0 Å². The number of hydrogen-bond donors (Lipinski definition) is 6. The fourth-order valence-corrected chi connectivity index (χ4v) is 7.24. The van der Waals surface area contributed by atoms with E-state index in [9.17, 15) is 9.90 Å². The molecule has 0 bridgehead atoms. The Bertz CT molecular complexity index is 828. The summed E-state index contributed by atoms with van der Waals surface area (Å²) >= 11 is 0. The Hall–Kier alpha value is -0.970. The monoisotopic (exact) mass is 581 g/mol. The maximum Gasteiger partial charge on any atom is 0.237 e. The molecular formula is C28H51N7O6. The highest BCUT2D eigenvalue weighted by atomic mass is 16.5. The first-order chi connectivity index (χ1) is 20.1. The first-order valence-corrected chi connectivity index (χ1v) is 15.9. The predicted octanol–water partition coefficient (Wildman–Crippen LogP) is -2.20. The summed E-state index contributed by atoms with van der Waals surface area (Å²) in [5, 5.41) is 27.8. The first kappa shape index (κ1) is 30.1. The van der Waals surface area contributed by atoms with Gasteiger partial charge in [-0.3, -0.25) is 31.0 Å². The van der Waals surface area contributed by atoms with Gasteiger partial charge >= 0.3 is 0 Å². The number of morpholine rings is 1. The molecule has 6 rings (SSSR count). The van der Waals surface area contributed by atoms with Crippen LogP contribution < -0.4 is 26.6 Å². The van der Waals surface area contributed by atoms with E-state index in [1.807, 2.05) is 0 Å². The van der Waals surface area contributed by atoms with Crippen molar-refractivity contribution in [1.82, 2.24) is 36.4 Å². The minimum absolute atomic E-state index is 0.00788. The number of rotatable bonds is 11. The van der Waals surface area contributed by atoms with Crippen LogP contribution in [0, 0.1) is 11.8 Å². The summed E-state index contributed by atoms with van der Waals surface area (Å²) in [6.07, 6.45) is 5.03. The second-order valence-electron chi connectivity index (χ2n) is 12.7. The maximum absolute atomic E-state index is 13.2. The number of aliphatic hydroxyl groups excluding tert-OH is 1. The largest absolute Gasteiger partial charge is 0.390 e. The van der Waals surface area contributed by atoms with E-state index < -0.39 is 6.10 Å². The topological polar surface area (TPSA) is 141 Å². The number of fused-ring (bicyclic) bond motifs is 1. The molecule has 6 N–H and O–H groups in total. The Morgan fingerprint density at radius 1 is 1.05 bits per heavy atom. The first-order valence-electron chi connectivity index (χ1n) is 15.9. The summed E-state index contributed by atoms with van der Waals surface area (Å²) in [7, 11) is 0. The molecule has 8 atom stereocenters. The van der Waals surface area contributed by atoms with Gasteiger partial charge in [0.2, 0.25) is 5.91 Å². The third kappa shape index (κ3) is 8.36.